The van der Waals surface area contributed by atoms with Gasteiger partial charge in [0.25, 0.3) is 0 Å². The van der Waals surface area contributed by atoms with E-state index >= 15 is 0 Å². The fraction of sp³-hybridized carbons (Fsp3) is 1.00. The molecule has 0 radical (unpaired) electrons. The van der Waals surface area contributed by atoms with Crippen molar-refractivity contribution in [1.29, 1.82) is 0 Å². The zero-order chi connectivity index (χ0) is 9.35. The SMILES string of the molecule is CNC1CCN(C(C)(C)C)C1C. The highest BCUT2D eigenvalue weighted by Gasteiger charge is 2.35. The Hall–Kier alpha value is -0.0800. The zero-order valence-electron chi connectivity index (χ0n) is 9.02. The number of likely N-dealkylation sites (tertiary alicyclic amines) is 1. The van der Waals surface area contributed by atoms with Gasteiger partial charge in [-0.25, -0.2) is 0 Å². The van der Waals surface area contributed by atoms with Gasteiger partial charge in [0.1, 0.15) is 0 Å². The van der Waals surface area contributed by atoms with Gasteiger partial charge in [-0.3, -0.25) is 4.90 Å². The van der Waals surface area contributed by atoms with E-state index < -0.39 is 0 Å². The molecule has 0 bridgehead atoms. The highest BCUT2D eigenvalue weighted by Crippen LogP contribution is 2.25. The highest BCUT2D eigenvalue weighted by atomic mass is 15.3. The van der Waals surface area contributed by atoms with Gasteiger partial charge in [-0.15, -0.1) is 0 Å². The summed E-state index contributed by atoms with van der Waals surface area (Å²) >= 11 is 0. The summed E-state index contributed by atoms with van der Waals surface area (Å²) in [7, 11) is 2.06. The molecule has 1 aliphatic heterocycles. The largest absolute Gasteiger partial charge is 0.315 e. The van der Waals surface area contributed by atoms with Crippen LogP contribution in [0.25, 0.3) is 0 Å². The van der Waals surface area contributed by atoms with Crippen molar-refractivity contribution in [2.45, 2.75) is 51.7 Å². The molecule has 1 N–H and O–H groups in total. The molecule has 2 unspecified atom stereocenters. The van der Waals surface area contributed by atoms with E-state index in [0.29, 0.717) is 17.6 Å². The van der Waals surface area contributed by atoms with E-state index in [1.54, 1.807) is 0 Å². The van der Waals surface area contributed by atoms with Crippen LogP contribution < -0.4 is 5.32 Å². The van der Waals surface area contributed by atoms with Crippen LogP contribution in [0.2, 0.25) is 0 Å². The van der Waals surface area contributed by atoms with Gasteiger partial charge in [-0.2, -0.15) is 0 Å². The molecule has 2 atom stereocenters. The summed E-state index contributed by atoms with van der Waals surface area (Å²) < 4.78 is 0. The standard InChI is InChI=1S/C10H22N2/c1-8-9(11-5)6-7-12(8)10(2,3)4/h8-9,11H,6-7H2,1-5H3. The molecular weight excluding hydrogens is 148 g/mol. The number of nitrogens with one attached hydrogen (secondary N) is 1. The molecule has 2 nitrogen and oxygen atoms in total. The van der Waals surface area contributed by atoms with Crippen molar-refractivity contribution in [2.75, 3.05) is 13.6 Å². The lowest BCUT2D eigenvalue weighted by Crippen LogP contribution is -2.47. The maximum absolute atomic E-state index is 3.37. The number of hydrogen-bond donors (Lipinski definition) is 1. The van der Waals surface area contributed by atoms with Crippen molar-refractivity contribution in [3.63, 3.8) is 0 Å². The van der Waals surface area contributed by atoms with Gasteiger partial charge in [0, 0.05) is 24.2 Å². The summed E-state index contributed by atoms with van der Waals surface area (Å²) in [5, 5.41) is 3.37. The quantitative estimate of drug-likeness (QED) is 0.641. The van der Waals surface area contributed by atoms with Gasteiger partial charge in [0.2, 0.25) is 0 Å². The van der Waals surface area contributed by atoms with Crippen LogP contribution in [-0.2, 0) is 0 Å². The molecule has 0 spiro atoms. The van der Waals surface area contributed by atoms with Crippen LogP contribution in [0.4, 0.5) is 0 Å². The third-order valence-corrected chi connectivity index (χ3v) is 2.99. The van der Waals surface area contributed by atoms with Crippen molar-refractivity contribution in [3.05, 3.63) is 0 Å². The van der Waals surface area contributed by atoms with Crippen LogP contribution in [-0.4, -0.2) is 36.1 Å². The minimum absolute atomic E-state index is 0.324. The molecule has 1 aliphatic rings. The molecule has 12 heavy (non-hydrogen) atoms. The maximum atomic E-state index is 3.37. The first-order valence-corrected chi connectivity index (χ1v) is 4.91. The Balaban J connectivity index is 2.61. The van der Waals surface area contributed by atoms with Crippen molar-refractivity contribution in [2.24, 2.45) is 0 Å². The lowest BCUT2D eigenvalue weighted by molar-refractivity contribution is 0.123. The van der Waals surface area contributed by atoms with Gasteiger partial charge in [-0.05, 0) is 41.2 Å². The lowest BCUT2D eigenvalue weighted by Gasteiger charge is -2.36. The Labute approximate surface area is 76.3 Å². The monoisotopic (exact) mass is 170 g/mol. The molecule has 1 fully saturated rings. The van der Waals surface area contributed by atoms with Gasteiger partial charge >= 0.3 is 0 Å². The molecule has 0 aromatic heterocycles. The summed E-state index contributed by atoms with van der Waals surface area (Å²) in [4.78, 5) is 2.58. The molecular formula is C10H22N2. The average Bonchev–Trinajstić information content (AvgIpc) is 2.29. The van der Waals surface area contributed by atoms with Crippen LogP contribution in [0.5, 0.6) is 0 Å². The Morgan fingerprint density at radius 1 is 1.33 bits per heavy atom. The normalized spacial score (nSPS) is 32.8. The summed E-state index contributed by atoms with van der Waals surface area (Å²) in [5.74, 6) is 0. The van der Waals surface area contributed by atoms with Gasteiger partial charge < -0.3 is 5.32 Å². The maximum Gasteiger partial charge on any atom is 0.0230 e. The second-order valence-corrected chi connectivity index (χ2v) is 4.79. The minimum atomic E-state index is 0.324. The van der Waals surface area contributed by atoms with E-state index in [1.807, 2.05) is 0 Å². The molecule has 1 heterocycles. The summed E-state index contributed by atoms with van der Waals surface area (Å²) in [6.45, 7) is 10.4. The minimum Gasteiger partial charge on any atom is -0.315 e. The van der Waals surface area contributed by atoms with Crippen molar-refractivity contribution >= 4 is 0 Å². The molecule has 0 saturated carbocycles. The van der Waals surface area contributed by atoms with Gasteiger partial charge in [0.05, 0.1) is 0 Å². The molecule has 1 rings (SSSR count). The van der Waals surface area contributed by atoms with Crippen LogP contribution in [0, 0.1) is 0 Å². The summed E-state index contributed by atoms with van der Waals surface area (Å²) in [6, 6.07) is 1.36. The zero-order valence-corrected chi connectivity index (χ0v) is 9.02. The van der Waals surface area contributed by atoms with E-state index in [0.717, 1.165) is 0 Å². The predicted molar refractivity (Wildman–Crippen MR) is 53.4 cm³/mol. The topological polar surface area (TPSA) is 15.3 Å². The van der Waals surface area contributed by atoms with Crippen LogP contribution >= 0.6 is 0 Å². The van der Waals surface area contributed by atoms with E-state index in [4.69, 9.17) is 0 Å². The Morgan fingerprint density at radius 2 is 1.92 bits per heavy atom. The third kappa shape index (κ3) is 1.80. The molecule has 0 aromatic carbocycles. The first-order chi connectivity index (χ1) is 5.46. The second-order valence-electron chi connectivity index (χ2n) is 4.79. The molecule has 1 saturated heterocycles. The Morgan fingerprint density at radius 3 is 2.17 bits per heavy atom. The average molecular weight is 170 g/mol. The van der Waals surface area contributed by atoms with E-state index in [-0.39, 0.29) is 0 Å². The van der Waals surface area contributed by atoms with E-state index in [1.165, 1.54) is 13.0 Å². The van der Waals surface area contributed by atoms with Crippen molar-refractivity contribution in [3.8, 4) is 0 Å². The third-order valence-electron chi connectivity index (χ3n) is 2.99. The summed E-state index contributed by atoms with van der Waals surface area (Å²) in [5.41, 5.74) is 0.324. The van der Waals surface area contributed by atoms with Gasteiger partial charge in [0.15, 0.2) is 0 Å². The fourth-order valence-electron chi connectivity index (χ4n) is 2.27. The fourth-order valence-corrected chi connectivity index (χ4v) is 2.27. The number of rotatable bonds is 1. The first kappa shape index (κ1) is 10.0. The number of nitrogens with zero attached hydrogens (tertiary/aromatic N) is 1. The molecule has 72 valence electrons. The van der Waals surface area contributed by atoms with E-state index in [9.17, 15) is 0 Å². The second kappa shape index (κ2) is 3.35. The smallest absolute Gasteiger partial charge is 0.0230 e. The van der Waals surface area contributed by atoms with Crippen molar-refractivity contribution < 1.29 is 0 Å². The Bertz CT molecular complexity index is 148. The predicted octanol–water partition coefficient (Wildman–Crippen LogP) is 1.47. The first-order valence-electron chi connectivity index (χ1n) is 4.91. The van der Waals surface area contributed by atoms with Crippen LogP contribution in [0.1, 0.15) is 34.1 Å². The van der Waals surface area contributed by atoms with Crippen LogP contribution in [0.3, 0.4) is 0 Å². The lowest BCUT2D eigenvalue weighted by atomic mass is 10.0. The highest BCUT2D eigenvalue weighted by molar-refractivity contribution is 4.93. The molecule has 0 amide bonds. The molecule has 2 heteroatoms. The van der Waals surface area contributed by atoms with E-state index in [2.05, 4.69) is 45.0 Å². The van der Waals surface area contributed by atoms with Crippen molar-refractivity contribution in [1.82, 2.24) is 10.2 Å². The number of likely N-dealkylation sites (N-methyl/N-ethyl adjacent to an activating group) is 1. The number of hydrogen-bond acceptors (Lipinski definition) is 2. The van der Waals surface area contributed by atoms with Crippen LogP contribution in [0.15, 0.2) is 0 Å². The molecule has 0 aliphatic carbocycles. The summed E-state index contributed by atoms with van der Waals surface area (Å²) in [6.07, 6.45) is 1.29. The molecule has 0 aromatic rings. The Kier molecular flexibility index (Phi) is 2.79. The van der Waals surface area contributed by atoms with Gasteiger partial charge in [-0.1, -0.05) is 0 Å².